The minimum atomic E-state index is 0.0963. The molecule has 0 aromatic carbocycles. The SMILES string of the molecule is CC1COCCN1c1cnc(CNC(C)(C)C)cn1. The summed E-state index contributed by atoms with van der Waals surface area (Å²) in [5, 5.41) is 3.41. The van der Waals surface area contributed by atoms with Crippen LogP contribution < -0.4 is 10.2 Å². The maximum absolute atomic E-state index is 5.43. The van der Waals surface area contributed by atoms with Gasteiger partial charge in [-0.2, -0.15) is 0 Å². The number of anilines is 1. The normalized spacial score (nSPS) is 20.6. The molecule has 1 aliphatic rings. The van der Waals surface area contributed by atoms with E-state index >= 15 is 0 Å². The number of ether oxygens (including phenoxy) is 1. The second-order valence-corrected chi connectivity index (χ2v) is 6.09. The summed E-state index contributed by atoms with van der Waals surface area (Å²) in [5.74, 6) is 0.940. The standard InChI is InChI=1S/C14H24N4O/c1-11-10-19-6-5-18(11)13-9-15-12(7-16-13)8-17-14(2,3)4/h7,9,11,17H,5-6,8,10H2,1-4H3. The Kier molecular flexibility index (Phi) is 4.37. The molecule has 1 atom stereocenters. The summed E-state index contributed by atoms with van der Waals surface area (Å²) in [4.78, 5) is 11.3. The summed E-state index contributed by atoms with van der Waals surface area (Å²) in [6.45, 7) is 11.7. The van der Waals surface area contributed by atoms with Crippen LogP contribution in [-0.2, 0) is 11.3 Å². The third kappa shape index (κ3) is 4.14. The second kappa shape index (κ2) is 5.84. The molecule has 1 saturated heterocycles. The lowest BCUT2D eigenvalue weighted by molar-refractivity contribution is 0.0985. The molecule has 1 aliphatic heterocycles. The first-order valence-corrected chi connectivity index (χ1v) is 6.86. The monoisotopic (exact) mass is 264 g/mol. The predicted octanol–water partition coefficient (Wildman–Crippen LogP) is 1.59. The van der Waals surface area contributed by atoms with E-state index in [1.54, 1.807) is 0 Å². The van der Waals surface area contributed by atoms with Crippen molar-refractivity contribution >= 4 is 5.82 Å². The van der Waals surface area contributed by atoms with E-state index < -0.39 is 0 Å². The highest BCUT2D eigenvalue weighted by atomic mass is 16.5. The largest absolute Gasteiger partial charge is 0.377 e. The van der Waals surface area contributed by atoms with E-state index in [0.717, 1.165) is 37.8 Å². The lowest BCUT2D eigenvalue weighted by atomic mass is 10.1. The Morgan fingerprint density at radius 1 is 1.37 bits per heavy atom. The van der Waals surface area contributed by atoms with Crippen LogP contribution in [-0.4, -0.2) is 41.3 Å². The molecule has 5 heteroatoms. The third-order valence-electron chi connectivity index (χ3n) is 3.15. The Bertz CT molecular complexity index is 399. The molecule has 0 bridgehead atoms. The van der Waals surface area contributed by atoms with Crippen LogP contribution in [0.2, 0.25) is 0 Å². The molecule has 0 spiro atoms. The minimum absolute atomic E-state index is 0.0963. The van der Waals surface area contributed by atoms with Crippen LogP contribution in [0.5, 0.6) is 0 Å². The molecule has 2 rings (SSSR count). The van der Waals surface area contributed by atoms with E-state index in [0.29, 0.717) is 6.04 Å². The zero-order chi connectivity index (χ0) is 13.9. The van der Waals surface area contributed by atoms with Crippen LogP contribution in [0.15, 0.2) is 12.4 Å². The molecular weight excluding hydrogens is 240 g/mol. The first kappa shape index (κ1) is 14.2. The average molecular weight is 264 g/mol. The molecule has 1 N–H and O–H groups in total. The summed E-state index contributed by atoms with van der Waals surface area (Å²) in [6.07, 6.45) is 3.72. The minimum Gasteiger partial charge on any atom is -0.377 e. The zero-order valence-electron chi connectivity index (χ0n) is 12.3. The van der Waals surface area contributed by atoms with Gasteiger partial charge in [-0.05, 0) is 27.7 Å². The lowest BCUT2D eigenvalue weighted by Gasteiger charge is -2.34. The highest BCUT2D eigenvalue weighted by Gasteiger charge is 2.20. The highest BCUT2D eigenvalue weighted by molar-refractivity contribution is 5.37. The number of morpholine rings is 1. The predicted molar refractivity (Wildman–Crippen MR) is 76.3 cm³/mol. The summed E-state index contributed by atoms with van der Waals surface area (Å²) < 4.78 is 5.43. The van der Waals surface area contributed by atoms with E-state index in [1.807, 2.05) is 12.4 Å². The van der Waals surface area contributed by atoms with Gasteiger partial charge in [-0.3, -0.25) is 4.98 Å². The molecule has 1 aromatic rings. The van der Waals surface area contributed by atoms with Crippen molar-refractivity contribution in [1.82, 2.24) is 15.3 Å². The molecule has 5 nitrogen and oxygen atoms in total. The first-order valence-electron chi connectivity index (χ1n) is 6.86. The van der Waals surface area contributed by atoms with Gasteiger partial charge in [0.05, 0.1) is 37.3 Å². The summed E-state index contributed by atoms with van der Waals surface area (Å²) >= 11 is 0. The second-order valence-electron chi connectivity index (χ2n) is 6.09. The van der Waals surface area contributed by atoms with Crippen molar-refractivity contribution in [3.63, 3.8) is 0 Å². The number of rotatable bonds is 3. The molecule has 0 amide bonds. The molecule has 106 valence electrons. The Hall–Kier alpha value is -1.20. The maximum atomic E-state index is 5.43. The first-order chi connectivity index (χ1) is 8.96. The molecule has 1 unspecified atom stereocenters. The van der Waals surface area contributed by atoms with Crippen LogP contribution in [0.3, 0.4) is 0 Å². The Balaban J connectivity index is 1.98. The van der Waals surface area contributed by atoms with E-state index in [4.69, 9.17) is 4.74 Å². The lowest BCUT2D eigenvalue weighted by Crippen LogP contribution is -2.44. The van der Waals surface area contributed by atoms with Crippen LogP contribution in [0.4, 0.5) is 5.82 Å². The fourth-order valence-corrected chi connectivity index (χ4v) is 2.01. The summed E-state index contributed by atoms with van der Waals surface area (Å²) in [6, 6.07) is 0.363. The van der Waals surface area contributed by atoms with Gasteiger partial charge in [0.2, 0.25) is 0 Å². The number of aromatic nitrogens is 2. The number of hydrogen-bond acceptors (Lipinski definition) is 5. The molecule has 1 fully saturated rings. The van der Waals surface area contributed by atoms with Crippen molar-refractivity contribution in [2.45, 2.75) is 45.8 Å². The Morgan fingerprint density at radius 3 is 2.74 bits per heavy atom. The topological polar surface area (TPSA) is 50.3 Å². The van der Waals surface area contributed by atoms with Gasteiger partial charge >= 0.3 is 0 Å². The Labute approximate surface area is 115 Å². The van der Waals surface area contributed by atoms with Crippen LogP contribution in [0, 0.1) is 0 Å². The molecular formula is C14H24N4O. The highest BCUT2D eigenvalue weighted by Crippen LogP contribution is 2.16. The zero-order valence-corrected chi connectivity index (χ0v) is 12.3. The summed E-state index contributed by atoms with van der Waals surface area (Å²) in [5.41, 5.74) is 1.07. The van der Waals surface area contributed by atoms with Gasteiger partial charge in [-0.15, -0.1) is 0 Å². The van der Waals surface area contributed by atoms with Gasteiger partial charge in [-0.1, -0.05) is 0 Å². The fraction of sp³-hybridized carbons (Fsp3) is 0.714. The van der Waals surface area contributed by atoms with Crippen LogP contribution in [0.1, 0.15) is 33.4 Å². The average Bonchev–Trinajstić information content (AvgIpc) is 2.37. The fourth-order valence-electron chi connectivity index (χ4n) is 2.01. The van der Waals surface area contributed by atoms with E-state index in [1.165, 1.54) is 0 Å². The number of hydrogen-bond donors (Lipinski definition) is 1. The number of nitrogens with one attached hydrogen (secondary N) is 1. The molecule has 0 saturated carbocycles. The smallest absolute Gasteiger partial charge is 0.147 e. The molecule has 0 radical (unpaired) electrons. The van der Waals surface area contributed by atoms with Crippen molar-refractivity contribution in [1.29, 1.82) is 0 Å². The quantitative estimate of drug-likeness (QED) is 0.898. The van der Waals surface area contributed by atoms with E-state index in [-0.39, 0.29) is 5.54 Å². The van der Waals surface area contributed by atoms with Crippen molar-refractivity contribution in [3.05, 3.63) is 18.1 Å². The Morgan fingerprint density at radius 2 is 2.16 bits per heavy atom. The van der Waals surface area contributed by atoms with Gasteiger partial charge in [0.15, 0.2) is 0 Å². The molecule has 2 heterocycles. The van der Waals surface area contributed by atoms with Gasteiger partial charge < -0.3 is 15.0 Å². The molecule has 0 aliphatic carbocycles. The van der Waals surface area contributed by atoms with Crippen molar-refractivity contribution in [2.75, 3.05) is 24.7 Å². The maximum Gasteiger partial charge on any atom is 0.147 e. The molecule has 1 aromatic heterocycles. The van der Waals surface area contributed by atoms with Gasteiger partial charge in [0.25, 0.3) is 0 Å². The van der Waals surface area contributed by atoms with Gasteiger partial charge in [-0.25, -0.2) is 4.98 Å². The van der Waals surface area contributed by atoms with Crippen molar-refractivity contribution in [3.8, 4) is 0 Å². The number of nitrogens with zero attached hydrogens (tertiary/aromatic N) is 3. The molecule has 19 heavy (non-hydrogen) atoms. The van der Waals surface area contributed by atoms with Crippen LogP contribution >= 0.6 is 0 Å². The van der Waals surface area contributed by atoms with Gasteiger partial charge in [0, 0.05) is 18.6 Å². The summed E-state index contributed by atoms with van der Waals surface area (Å²) in [7, 11) is 0. The third-order valence-corrected chi connectivity index (χ3v) is 3.15. The van der Waals surface area contributed by atoms with Crippen molar-refractivity contribution < 1.29 is 4.74 Å². The van der Waals surface area contributed by atoms with Crippen molar-refractivity contribution in [2.24, 2.45) is 0 Å². The van der Waals surface area contributed by atoms with E-state index in [9.17, 15) is 0 Å². The van der Waals surface area contributed by atoms with Gasteiger partial charge in [0.1, 0.15) is 5.82 Å². The van der Waals surface area contributed by atoms with Crippen LogP contribution in [0.25, 0.3) is 0 Å². The van der Waals surface area contributed by atoms with E-state index in [2.05, 4.69) is 47.9 Å².